The Hall–Kier alpha value is -1.00. The molecule has 0 spiro atoms. The Morgan fingerprint density at radius 2 is 1.70 bits per heavy atom. The number of hydrogen-bond donors (Lipinski definition) is 1. The highest BCUT2D eigenvalue weighted by molar-refractivity contribution is 9.10. The maximum atomic E-state index is 5.78. The molecule has 0 saturated carbocycles. The van der Waals surface area contributed by atoms with Gasteiger partial charge in [0.1, 0.15) is 5.75 Å². The molecule has 0 aromatic heterocycles. The number of anilines is 1. The molecule has 0 amide bonds. The zero-order valence-electron chi connectivity index (χ0n) is 11.3. The van der Waals surface area contributed by atoms with Gasteiger partial charge in [-0.1, -0.05) is 38.8 Å². The third-order valence-electron chi connectivity index (χ3n) is 2.81. The first kappa shape index (κ1) is 15.4. The van der Waals surface area contributed by atoms with E-state index in [0.717, 1.165) is 45.5 Å². The third-order valence-corrected chi connectivity index (χ3v) is 3.83. The first-order valence-corrected chi connectivity index (χ1v) is 8.18. The average molecular weight is 399 g/mol. The van der Waals surface area contributed by atoms with Gasteiger partial charge in [0.15, 0.2) is 0 Å². The van der Waals surface area contributed by atoms with Gasteiger partial charge in [-0.25, -0.2) is 0 Å². The van der Waals surface area contributed by atoms with Gasteiger partial charge in [-0.3, -0.25) is 0 Å². The molecule has 0 aliphatic carbocycles. The lowest BCUT2D eigenvalue weighted by Gasteiger charge is -2.13. The van der Waals surface area contributed by atoms with Crippen LogP contribution in [0.2, 0.25) is 0 Å². The molecule has 4 heteroatoms. The van der Waals surface area contributed by atoms with Crippen LogP contribution >= 0.6 is 31.9 Å². The second kappa shape index (κ2) is 7.70. The van der Waals surface area contributed by atoms with Gasteiger partial charge in [0.05, 0.1) is 6.61 Å². The monoisotopic (exact) mass is 397 g/mol. The number of nitrogens with one attached hydrogen (secondary N) is 1. The highest BCUT2D eigenvalue weighted by Crippen LogP contribution is 2.25. The molecule has 0 atom stereocenters. The maximum Gasteiger partial charge on any atom is 0.124 e. The zero-order valence-corrected chi connectivity index (χ0v) is 14.5. The highest BCUT2D eigenvalue weighted by atomic mass is 79.9. The number of hydrogen-bond acceptors (Lipinski definition) is 2. The molecule has 2 nitrogen and oxygen atoms in total. The molecule has 0 aliphatic rings. The molecule has 0 radical (unpaired) electrons. The SMILES string of the molecule is CCCOc1ccc(Br)cc1CNc1ccc(Br)cc1. The minimum Gasteiger partial charge on any atom is -0.493 e. The van der Waals surface area contributed by atoms with Crippen molar-refractivity contribution >= 4 is 37.5 Å². The van der Waals surface area contributed by atoms with Crippen LogP contribution < -0.4 is 10.1 Å². The van der Waals surface area contributed by atoms with Crippen LogP contribution in [0.4, 0.5) is 5.69 Å². The van der Waals surface area contributed by atoms with E-state index in [9.17, 15) is 0 Å². The van der Waals surface area contributed by atoms with Crippen molar-refractivity contribution in [2.24, 2.45) is 0 Å². The summed E-state index contributed by atoms with van der Waals surface area (Å²) in [4.78, 5) is 0. The Morgan fingerprint density at radius 3 is 2.40 bits per heavy atom. The molecule has 2 aromatic rings. The average Bonchev–Trinajstić information content (AvgIpc) is 2.46. The van der Waals surface area contributed by atoms with Crippen LogP contribution in [-0.2, 0) is 6.54 Å². The van der Waals surface area contributed by atoms with Crippen LogP contribution in [0.1, 0.15) is 18.9 Å². The summed E-state index contributed by atoms with van der Waals surface area (Å²) >= 11 is 6.95. The molecule has 0 unspecified atom stereocenters. The molecule has 2 rings (SSSR count). The quantitative estimate of drug-likeness (QED) is 0.682. The summed E-state index contributed by atoms with van der Waals surface area (Å²) in [7, 11) is 0. The van der Waals surface area contributed by atoms with E-state index in [0.29, 0.717) is 0 Å². The van der Waals surface area contributed by atoms with Crippen molar-refractivity contribution in [2.45, 2.75) is 19.9 Å². The van der Waals surface area contributed by atoms with Crippen molar-refractivity contribution in [3.05, 3.63) is 57.0 Å². The first-order chi connectivity index (χ1) is 9.69. The van der Waals surface area contributed by atoms with E-state index in [-0.39, 0.29) is 0 Å². The van der Waals surface area contributed by atoms with E-state index in [2.05, 4.69) is 62.3 Å². The van der Waals surface area contributed by atoms with Gasteiger partial charge < -0.3 is 10.1 Å². The predicted molar refractivity (Wildman–Crippen MR) is 91.4 cm³/mol. The van der Waals surface area contributed by atoms with Crippen LogP contribution in [0.3, 0.4) is 0 Å². The number of halogens is 2. The van der Waals surface area contributed by atoms with Crippen molar-refractivity contribution in [1.82, 2.24) is 0 Å². The smallest absolute Gasteiger partial charge is 0.124 e. The number of ether oxygens (including phenoxy) is 1. The minimum atomic E-state index is 0.736. The molecule has 0 saturated heterocycles. The number of benzene rings is 2. The molecule has 0 heterocycles. The van der Waals surface area contributed by atoms with Crippen LogP contribution in [0.15, 0.2) is 51.4 Å². The fourth-order valence-corrected chi connectivity index (χ4v) is 2.48. The fraction of sp³-hybridized carbons (Fsp3) is 0.250. The molecule has 1 N–H and O–H groups in total. The summed E-state index contributed by atoms with van der Waals surface area (Å²) in [6.45, 7) is 3.59. The second-order valence-electron chi connectivity index (χ2n) is 4.46. The Kier molecular flexibility index (Phi) is 5.92. The number of rotatable bonds is 6. The highest BCUT2D eigenvalue weighted by Gasteiger charge is 2.04. The molecule has 0 aliphatic heterocycles. The predicted octanol–water partition coefficient (Wildman–Crippen LogP) is 5.61. The molecular formula is C16H17Br2NO. The summed E-state index contributed by atoms with van der Waals surface area (Å²) in [5, 5.41) is 3.41. The summed E-state index contributed by atoms with van der Waals surface area (Å²) in [5.41, 5.74) is 2.24. The van der Waals surface area contributed by atoms with Crippen molar-refractivity contribution in [3.63, 3.8) is 0 Å². The van der Waals surface area contributed by atoms with E-state index in [1.165, 1.54) is 0 Å². The molecule has 106 valence electrons. The van der Waals surface area contributed by atoms with Gasteiger partial charge in [0.2, 0.25) is 0 Å². The van der Waals surface area contributed by atoms with Crippen LogP contribution in [0, 0.1) is 0 Å². The van der Waals surface area contributed by atoms with Crippen LogP contribution in [-0.4, -0.2) is 6.61 Å². The van der Waals surface area contributed by atoms with E-state index >= 15 is 0 Å². The molecule has 0 fully saturated rings. The van der Waals surface area contributed by atoms with Crippen molar-refractivity contribution in [2.75, 3.05) is 11.9 Å². The van der Waals surface area contributed by atoms with E-state index in [1.807, 2.05) is 24.3 Å². The van der Waals surface area contributed by atoms with Crippen molar-refractivity contribution in [3.8, 4) is 5.75 Å². The Balaban J connectivity index is 2.07. The standard InChI is InChI=1S/C16H17Br2NO/c1-2-9-20-16-8-5-14(18)10-12(16)11-19-15-6-3-13(17)4-7-15/h3-8,10,19H,2,9,11H2,1H3. The lowest BCUT2D eigenvalue weighted by Crippen LogP contribution is -2.04. The Labute approximate surface area is 136 Å². The fourth-order valence-electron chi connectivity index (χ4n) is 1.80. The van der Waals surface area contributed by atoms with Crippen LogP contribution in [0.5, 0.6) is 5.75 Å². The molecule has 2 aromatic carbocycles. The van der Waals surface area contributed by atoms with Crippen molar-refractivity contribution in [1.29, 1.82) is 0 Å². The maximum absolute atomic E-state index is 5.78. The third kappa shape index (κ3) is 4.53. The Bertz CT molecular complexity index is 555. The summed E-state index contributed by atoms with van der Waals surface area (Å²) in [6, 6.07) is 14.3. The first-order valence-electron chi connectivity index (χ1n) is 6.59. The van der Waals surface area contributed by atoms with Gasteiger partial charge in [0, 0.05) is 26.7 Å². The van der Waals surface area contributed by atoms with Gasteiger partial charge >= 0.3 is 0 Å². The molecule has 20 heavy (non-hydrogen) atoms. The van der Waals surface area contributed by atoms with E-state index < -0.39 is 0 Å². The second-order valence-corrected chi connectivity index (χ2v) is 6.29. The van der Waals surface area contributed by atoms with Crippen LogP contribution in [0.25, 0.3) is 0 Å². The summed E-state index contributed by atoms with van der Waals surface area (Å²) in [5.74, 6) is 0.944. The van der Waals surface area contributed by atoms with Gasteiger partial charge in [-0.15, -0.1) is 0 Å². The molecular weight excluding hydrogens is 382 g/mol. The molecule has 0 bridgehead atoms. The normalized spacial score (nSPS) is 10.3. The lowest BCUT2D eigenvalue weighted by atomic mass is 10.2. The van der Waals surface area contributed by atoms with E-state index in [4.69, 9.17) is 4.74 Å². The summed E-state index contributed by atoms with van der Waals surface area (Å²) < 4.78 is 7.93. The topological polar surface area (TPSA) is 21.3 Å². The largest absolute Gasteiger partial charge is 0.493 e. The van der Waals surface area contributed by atoms with Gasteiger partial charge in [-0.2, -0.15) is 0 Å². The van der Waals surface area contributed by atoms with Gasteiger partial charge in [0.25, 0.3) is 0 Å². The minimum absolute atomic E-state index is 0.736. The van der Waals surface area contributed by atoms with Crippen molar-refractivity contribution < 1.29 is 4.74 Å². The Morgan fingerprint density at radius 1 is 1.00 bits per heavy atom. The van der Waals surface area contributed by atoms with E-state index in [1.54, 1.807) is 0 Å². The summed E-state index contributed by atoms with van der Waals surface area (Å²) in [6.07, 6.45) is 1.01. The lowest BCUT2D eigenvalue weighted by molar-refractivity contribution is 0.314. The van der Waals surface area contributed by atoms with Gasteiger partial charge in [-0.05, 0) is 48.9 Å². The zero-order chi connectivity index (χ0) is 14.4.